The number of hydrogen-bond acceptors (Lipinski definition) is 13. The molecule has 0 bridgehead atoms. The van der Waals surface area contributed by atoms with Crippen molar-refractivity contribution in [2.24, 2.45) is 5.41 Å². The van der Waals surface area contributed by atoms with E-state index in [1.807, 2.05) is 77.5 Å². The maximum Gasteiger partial charge on any atom is 0.246 e. The Hall–Kier alpha value is -5.94. The number of hydrogen-bond donors (Lipinski definition) is 5. The summed E-state index contributed by atoms with van der Waals surface area (Å²) in [7, 11) is 5.29. The first kappa shape index (κ1) is 53.8. The molecule has 16 heteroatoms. The van der Waals surface area contributed by atoms with Gasteiger partial charge in [0.25, 0.3) is 0 Å². The Balaban J connectivity index is 0.894. The molecule has 0 radical (unpaired) electrons. The van der Waals surface area contributed by atoms with Crippen LogP contribution in [0.15, 0.2) is 71.6 Å². The second-order valence-electron chi connectivity index (χ2n) is 20.0. The third kappa shape index (κ3) is 13.2. The number of anilines is 1. The molecule has 14 nitrogen and oxygen atoms in total. The predicted octanol–water partition coefficient (Wildman–Crippen LogP) is 10.1. The molecule has 1 aliphatic rings. The number of nitrogens with zero attached hydrogens (tertiary/aromatic N) is 4. The average Bonchev–Trinajstić information content (AvgIpc) is 4.13. The lowest BCUT2D eigenvalue weighted by Gasteiger charge is -2.35. The number of unbranched alkanes of at least 4 members (excludes halogenated alkanes) is 5. The molecule has 0 unspecified atom stereocenters. The standard InChI is InChI=1S/C56H72N8O6S2/c1-34(47-26-40(32-71-47)42-19-17-16-18-39(42)30-57-7)60-53-44-28-46(69-8)50(70-9)43(49(44)61-36(3)62-53)20-14-12-10-11-13-15-21-48(66)63-52(56(4,5)6)55(68)64-31-41(65)27-45(64)54(67)58-29-37-22-24-38(25-23-37)51-35(2)59-33-72-51/h16-19,22-26,28,32-34,41,45,52,57,65H,10-15,20-21,27,29-31H2,1-9H3,(H,58,67)(H,63,66)(H,60,61,62)/t34-,41+,45-,52+/m0/s1. The number of thiazole rings is 1. The van der Waals surface area contributed by atoms with E-state index in [9.17, 15) is 19.5 Å². The smallest absolute Gasteiger partial charge is 0.246 e. The van der Waals surface area contributed by atoms with Crippen molar-refractivity contribution >= 4 is 57.1 Å². The summed E-state index contributed by atoms with van der Waals surface area (Å²) in [5, 5.41) is 26.7. The van der Waals surface area contributed by atoms with Gasteiger partial charge in [-0.05, 0) is 97.8 Å². The summed E-state index contributed by atoms with van der Waals surface area (Å²) in [6.45, 7) is 12.9. The van der Waals surface area contributed by atoms with Crippen LogP contribution in [-0.4, -0.2) is 88.7 Å². The molecular formula is C56H72N8O6S2. The van der Waals surface area contributed by atoms with E-state index in [1.54, 1.807) is 36.9 Å². The van der Waals surface area contributed by atoms with E-state index in [1.165, 1.54) is 26.5 Å². The number of carbonyl (C=O) groups is 3. The Kier molecular flexibility index (Phi) is 18.4. The fourth-order valence-electron chi connectivity index (χ4n) is 9.57. The van der Waals surface area contributed by atoms with Crippen LogP contribution >= 0.6 is 22.7 Å². The zero-order valence-corrected chi connectivity index (χ0v) is 44.9. The molecule has 7 rings (SSSR count). The Morgan fingerprint density at radius 3 is 2.33 bits per heavy atom. The molecule has 0 spiro atoms. The lowest BCUT2D eigenvalue weighted by Crippen LogP contribution is -2.57. The highest BCUT2D eigenvalue weighted by molar-refractivity contribution is 7.13. The molecule has 1 saturated heterocycles. The molecule has 384 valence electrons. The number of aliphatic hydroxyl groups is 1. The van der Waals surface area contributed by atoms with Crippen LogP contribution in [0.3, 0.4) is 0 Å². The second-order valence-corrected chi connectivity index (χ2v) is 21.8. The predicted molar refractivity (Wildman–Crippen MR) is 290 cm³/mol. The van der Waals surface area contributed by atoms with Crippen LogP contribution in [0.4, 0.5) is 5.82 Å². The van der Waals surface area contributed by atoms with Crippen LogP contribution < -0.4 is 30.7 Å². The van der Waals surface area contributed by atoms with Crippen molar-refractivity contribution in [1.82, 2.24) is 35.8 Å². The van der Waals surface area contributed by atoms with Gasteiger partial charge in [-0.2, -0.15) is 0 Å². The summed E-state index contributed by atoms with van der Waals surface area (Å²) < 4.78 is 11.8. The number of carbonyl (C=O) groups excluding carboxylic acids is 3. The Morgan fingerprint density at radius 2 is 1.64 bits per heavy atom. The molecule has 0 saturated carbocycles. The third-order valence-corrected chi connectivity index (χ3v) is 15.5. The van der Waals surface area contributed by atoms with Crippen molar-refractivity contribution in [2.45, 2.75) is 137 Å². The topological polar surface area (TPSA) is 180 Å². The molecule has 72 heavy (non-hydrogen) atoms. The first-order valence-corrected chi connectivity index (χ1v) is 26.9. The summed E-state index contributed by atoms with van der Waals surface area (Å²) >= 11 is 3.32. The van der Waals surface area contributed by atoms with Crippen LogP contribution in [0, 0.1) is 19.3 Å². The summed E-state index contributed by atoms with van der Waals surface area (Å²) in [6.07, 6.45) is 5.72. The lowest BCUT2D eigenvalue weighted by atomic mass is 9.85. The largest absolute Gasteiger partial charge is 0.493 e. The van der Waals surface area contributed by atoms with E-state index in [0.717, 1.165) is 89.1 Å². The number of rotatable bonds is 23. The van der Waals surface area contributed by atoms with Crippen LogP contribution in [0.2, 0.25) is 0 Å². The first-order valence-electron chi connectivity index (χ1n) is 25.1. The van der Waals surface area contributed by atoms with Crippen LogP contribution in [0.25, 0.3) is 32.5 Å². The van der Waals surface area contributed by atoms with Crippen molar-refractivity contribution in [3.63, 3.8) is 0 Å². The van der Waals surface area contributed by atoms with Crippen LogP contribution in [0.5, 0.6) is 11.5 Å². The average molecular weight is 1020 g/mol. The van der Waals surface area contributed by atoms with Crippen molar-refractivity contribution in [3.8, 4) is 33.1 Å². The number of likely N-dealkylation sites (tertiary alicyclic amines) is 1. The van der Waals surface area contributed by atoms with E-state index in [4.69, 9.17) is 19.4 Å². The van der Waals surface area contributed by atoms with Gasteiger partial charge in [0.1, 0.15) is 23.7 Å². The van der Waals surface area contributed by atoms with Gasteiger partial charge >= 0.3 is 0 Å². The van der Waals surface area contributed by atoms with E-state index in [0.29, 0.717) is 23.7 Å². The summed E-state index contributed by atoms with van der Waals surface area (Å²) in [5.74, 6) is 1.83. The van der Waals surface area contributed by atoms with Gasteiger partial charge in [-0.25, -0.2) is 15.0 Å². The molecule has 0 aliphatic carbocycles. The van der Waals surface area contributed by atoms with Gasteiger partial charge in [-0.15, -0.1) is 22.7 Å². The highest BCUT2D eigenvalue weighted by Gasteiger charge is 2.44. The zero-order chi connectivity index (χ0) is 51.5. The van der Waals surface area contributed by atoms with Gasteiger partial charge in [-0.1, -0.05) is 95.0 Å². The van der Waals surface area contributed by atoms with E-state index in [-0.39, 0.29) is 49.7 Å². The van der Waals surface area contributed by atoms with Gasteiger partial charge in [0.05, 0.1) is 48.0 Å². The normalized spacial score (nSPS) is 15.6. The van der Waals surface area contributed by atoms with Gasteiger partial charge in [0.15, 0.2) is 11.5 Å². The molecule has 1 fully saturated rings. The molecule has 5 N–H and O–H groups in total. The van der Waals surface area contributed by atoms with Crippen LogP contribution in [0.1, 0.15) is 118 Å². The quantitative estimate of drug-likeness (QED) is 0.0386. The minimum Gasteiger partial charge on any atom is -0.493 e. The van der Waals surface area contributed by atoms with Gasteiger partial charge < -0.3 is 40.7 Å². The molecule has 3 amide bonds. The Bertz CT molecular complexity index is 2800. The van der Waals surface area contributed by atoms with Gasteiger partial charge in [-0.3, -0.25) is 14.4 Å². The maximum atomic E-state index is 14.2. The first-order chi connectivity index (χ1) is 34.6. The number of aryl methyl sites for hydroxylation is 3. The molecule has 6 aromatic rings. The number of fused-ring (bicyclic) bond motifs is 1. The van der Waals surface area contributed by atoms with E-state index < -0.39 is 23.6 Å². The van der Waals surface area contributed by atoms with Gasteiger partial charge in [0.2, 0.25) is 17.7 Å². The molecular weight excluding hydrogens is 945 g/mol. The maximum absolute atomic E-state index is 14.2. The van der Waals surface area contributed by atoms with E-state index in [2.05, 4.69) is 68.9 Å². The van der Waals surface area contributed by atoms with Crippen molar-refractivity contribution in [3.05, 3.63) is 105 Å². The fraction of sp³-hybridized carbons (Fsp3) is 0.464. The third-order valence-electron chi connectivity index (χ3n) is 13.4. The number of methoxy groups -OCH3 is 2. The number of amides is 3. The minimum absolute atomic E-state index is 0.0129. The molecule has 1 aliphatic heterocycles. The number of aliphatic hydroxyl groups excluding tert-OH is 1. The van der Waals surface area contributed by atoms with Crippen molar-refractivity contribution in [2.75, 3.05) is 33.1 Å². The SMILES string of the molecule is CNCc1ccccc1-c1csc([C@H](C)Nc2nc(C)nc3c(CCCCCCCCC(=O)N[C@H](C(=O)N4C[C@H](O)C[C@H]4C(=O)NCc4ccc(-c5scnc5C)cc4)C(C)(C)C)c(OC)c(OC)cc23)c1. The number of aromatic nitrogens is 3. The van der Waals surface area contributed by atoms with E-state index >= 15 is 0 Å². The second kappa shape index (κ2) is 24.7. The number of benzene rings is 3. The molecule has 3 aromatic heterocycles. The Labute approximate surface area is 432 Å². The number of nitrogens with one attached hydrogen (secondary N) is 4. The van der Waals surface area contributed by atoms with Crippen LogP contribution in [-0.2, 0) is 33.9 Å². The highest BCUT2D eigenvalue weighted by atomic mass is 32.1. The summed E-state index contributed by atoms with van der Waals surface area (Å²) in [4.78, 5) is 59.0. The zero-order valence-electron chi connectivity index (χ0n) is 43.3. The molecule has 4 atom stereocenters. The highest BCUT2D eigenvalue weighted by Crippen LogP contribution is 2.41. The van der Waals surface area contributed by atoms with Gasteiger partial charge in [0, 0.05) is 48.3 Å². The monoisotopic (exact) mass is 1020 g/mol. The summed E-state index contributed by atoms with van der Waals surface area (Å²) in [6, 6.07) is 19.0. The molecule has 4 heterocycles. The van der Waals surface area contributed by atoms with Crippen molar-refractivity contribution < 1.29 is 29.0 Å². The number of β-amino-alcohol motifs (C(OH)–C–C–N with tert-alkyl or cyclic N) is 1. The number of ether oxygens (including phenoxy) is 2. The minimum atomic E-state index is -0.867. The van der Waals surface area contributed by atoms with Crippen molar-refractivity contribution in [1.29, 1.82) is 0 Å². The number of thiophene rings is 1. The Morgan fingerprint density at radius 1 is 0.903 bits per heavy atom. The molecule has 3 aromatic carbocycles. The lowest BCUT2D eigenvalue weighted by molar-refractivity contribution is -0.144. The fourth-order valence-corrected chi connectivity index (χ4v) is 11.3. The summed E-state index contributed by atoms with van der Waals surface area (Å²) in [5.41, 5.74) is 9.68.